The fourth-order valence-corrected chi connectivity index (χ4v) is 1.46. The number of terminal acetylenes is 1. The highest BCUT2D eigenvalue weighted by molar-refractivity contribution is 5.66. The van der Waals surface area contributed by atoms with E-state index in [4.69, 9.17) is 15.6 Å². The molecule has 0 saturated heterocycles. The number of methoxy groups -OCH3 is 1. The van der Waals surface area contributed by atoms with Crippen molar-refractivity contribution in [2.45, 2.75) is 6.54 Å². The summed E-state index contributed by atoms with van der Waals surface area (Å²) in [6, 6.07) is 7.44. The molecule has 1 aromatic heterocycles. The van der Waals surface area contributed by atoms with E-state index in [2.05, 4.69) is 11.0 Å². The zero-order chi connectivity index (χ0) is 13.7. The molecule has 0 bridgehead atoms. The van der Waals surface area contributed by atoms with Crippen LogP contribution in [0.3, 0.4) is 0 Å². The summed E-state index contributed by atoms with van der Waals surface area (Å²) in [6.07, 6.45) is 8.50. The molecular weight excluding hydrogens is 244 g/mol. The predicted octanol–water partition coefficient (Wildman–Crippen LogP) is 1.65. The van der Waals surface area contributed by atoms with Crippen molar-refractivity contribution in [3.05, 3.63) is 46.3 Å². The molecule has 0 atom stereocenters. The van der Waals surface area contributed by atoms with Crippen LogP contribution in [-0.2, 0) is 6.54 Å². The second-order valence-electron chi connectivity index (χ2n) is 3.67. The molecule has 96 valence electrons. The molecular formula is C14H12N2O3. The van der Waals surface area contributed by atoms with Crippen molar-refractivity contribution >= 4 is 12.2 Å². The van der Waals surface area contributed by atoms with Crippen LogP contribution in [0.25, 0.3) is 12.2 Å². The molecule has 1 heterocycles. The summed E-state index contributed by atoms with van der Waals surface area (Å²) < 4.78 is 11.1. The molecule has 0 aliphatic rings. The third-order valence-corrected chi connectivity index (χ3v) is 2.40. The van der Waals surface area contributed by atoms with Crippen molar-refractivity contribution in [1.29, 1.82) is 0 Å². The third kappa shape index (κ3) is 3.13. The fourth-order valence-electron chi connectivity index (χ4n) is 1.46. The summed E-state index contributed by atoms with van der Waals surface area (Å²) in [7, 11) is 1.61. The summed E-state index contributed by atoms with van der Waals surface area (Å²) in [4.78, 5) is 11.3. The summed E-state index contributed by atoms with van der Waals surface area (Å²) in [6.45, 7) is 0.0959. The molecule has 0 fully saturated rings. The second-order valence-corrected chi connectivity index (χ2v) is 3.67. The number of nitrogens with zero attached hydrogens (tertiary/aromatic N) is 2. The van der Waals surface area contributed by atoms with Gasteiger partial charge in [-0.3, -0.25) is 0 Å². The lowest BCUT2D eigenvalue weighted by Crippen LogP contribution is -2.14. The number of hydrogen-bond donors (Lipinski definition) is 0. The maximum Gasteiger partial charge on any atom is 0.438 e. The summed E-state index contributed by atoms with van der Waals surface area (Å²) in [5, 5.41) is 3.93. The van der Waals surface area contributed by atoms with Gasteiger partial charge < -0.3 is 9.15 Å². The van der Waals surface area contributed by atoms with Gasteiger partial charge in [0.25, 0.3) is 0 Å². The first-order valence-electron chi connectivity index (χ1n) is 5.56. The van der Waals surface area contributed by atoms with E-state index in [0.717, 1.165) is 16.0 Å². The van der Waals surface area contributed by atoms with E-state index in [1.54, 1.807) is 19.3 Å². The molecule has 1 aromatic carbocycles. The predicted molar refractivity (Wildman–Crippen MR) is 71.5 cm³/mol. The monoisotopic (exact) mass is 256 g/mol. The molecule has 5 nitrogen and oxygen atoms in total. The second kappa shape index (κ2) is 5.74. The molecule has 2 rings (SSSR count). The largest absolute Gasteiger partial charge is 0.497 e. The van der Waals surface area contributed by atoms with E-state index >= 15 is 0 Å². The minimum atomic E-state index is -0.563. The molecule has 19 heavy (non-hydrogen) atoms. The Balaban J connectivity index is 2.15. The van der Waals surface area contributed by atoms with Crippen LogP contribution in [0.4, 0.5) is 0 Å². The van der Waals surface area contributed by atoms with Gasteiger partial charge in [-0.15, -0.1) is 11.5 Å². The molecule has 0 amide bonds. The van der Waals surface area contributed by atoms with Gasteiger partial charge in [0.05, 0.1) is 7.11 Å². The van der Waals surface area contributed by atoms with Crippen LogP contribution >= 0.6 is 0 Å². The highest BCUT2D eigenvalue weighted by Gasteiger charge is 2.03. The van der Waals surface area contributed by atoms with Crippen LogP contribution in [-0.4, -0.2) is 16.9 Å². The smallest absolute Gasteiger partial charge is 0.438 e. The maximum atomic E-state index is 11.3. The highest BCUT2D eigenvalue weighted by atomic mass is 16.5. The van der Waals surface area contributed by atoms with E-state index in [1.807, 2.05) is 24.3 Å². The molecule has 0 saturated carbocycles. The van der Waals surface area contributed by atoms with E-state index in [9.17, 15) is 4.79 Å². The quantitative estimate of drug-likeness (QED) is 0.780. The first-order valence-corrected chi connectivity index (χ1v) is 5.56. The Bertz CT molecular complexity index is 672. The number of hydrogen-bond acceptors (Lipinski definition) is 4. The Hall–Kier alpha value is -2.74. The average molecular weight is 256 g/mol. The zero-order valence-electron chi connectivity index (χ0n) is 10.4. The average Bonchev–Trinajstić information content (AvgIpc) is 2.78. The van der Waals surface area contributed by atoms with Crippen molar-refractivity contribution in [3.63, 3.8) is 0 Å². The minimum Gasteiger partial charge on any atom is -0.497 e. The maximum absolute atomic E-state index is 11.3. The van der Waals surface area contributed by atoms with Gasteiger partial charge in [0, 0.05) is 6.08 Å². The van der Waals surface area contributed by atoms with Crippen LogP contribution in [0.15, 0.2) is 33.5 Å². The molecule has 0 aliphatic heterocycles. The van der Waals surface area contributed by atoms with E-state index in [0.29, 0.717) is 0 Å². The van der Waals surface area contributed by atoms with Crippen LogP contribution in [0, 0.1) is 12.3 Å². The lowest BCUT2D eigenvalue weighted by molar-refractivity contribution is 0.415. The van der Waals surface area contributed by atoms with Crippen molar-refractivity contribution in [3.8, 4) is 18.1 Å². The summed E-state index contributed by atoms with van der Waals surface area (Å²) >= 11 is 0. The first-order chi connectivity index (χ1) is 9.22. The van der Waals surface area contributed by atoms with Gasteiger partial charge >= 0.3 is 5.76 Å². The molecule has 0 N–H and O–H groups in total. The minimum absolute atomic E-state index is 0.0959. The molecule has 0 aliphatic carbocycles. The molecule has 2 aromatic rings. The molecule has 0 radical (unpaired) electrons. The van der Waals surface area contributed by atoms with Gasteiger partial charge in [-0.05, 0) is 23.8 Å². The van der Waals surface area contributed by atoms with Crippen molar-refractivity contribution in [1.82, 2.24) is 9.78 Å². The van der Waals surface area contributed by atoms with Crippen LogP contribution < -0.4 is 10.5 Å². The summed E-state index contributed by atoms with van der Waals surface area (Å²) in [5.74, 6) is 2.76. The van der Waals surface area contributed by atoms with E-state index in [1.165, 1.54) is 0 Å². The Kier molecular flexibility index (Phi) is 3.84. The summed E-state index contributed by atoms with van der Waals surface area (Å²) in [5.41, 5.74) is 0.940. The Morgan fingerprint density at radius 1 is 1.42 bits per heavy atom. The van der Waals surface area contributed by atoms with Gasteiger partial charge in [-0.2, -0.15) is 4.68 Å². The number of rotatable bonds is 4. The van der Waals surface area contributed by atoms with Gasteiger partial charge in [0.2, 0.25) is 5.89 Å². The van der Waals surface area contributed by atoms with Gasteiger partial charge in [-0.25, -0.2) is 4.79 Å². The number of benzene rings is 1. The standard InChI is InChI=1S/C14H12N2O3/c1-3-10-16-14(17)19-13(15-16)9-6-11-4-7-12(18-2)8-5-11/h1,4-9H,10H2,2H3/b9-6+. The normalized spacial score (nSPS) is 10.5. The van der Waals surface area contributed by atoms with Gasteiger partial charge in [0.1, 0.15) is 12.3 Å². The zero-order valence-corrected chi connectivity index (χ0v) is 10.4. The van der Waals surface area contributed by atoms with E-state index in [-0.39, 0.29) is 12.4 Å². The van der Waals surface area contributed by atoms with Crippen LogP contribution in [0.2, 0.25) is 0 Å². The Labute approximate surface area is 110 Å². The van der Waals surface area contributed by atoms with Gasteiger partial charge in [0.15, 0.2) is 0 Å². The lowest BCUT2D eigenvalue weighted by Gasteiger charge is -1.98. The molecule has 5 heteroatoms. The van der Waals surface area contributed by atoms with Crippen molar-refractivity contribution in [2.24, 2.45) is 0 Å². The molecule has 0 spiro atoms. The van der Waals surface area contributed by atoms with Crippen LogP contribution in [0.5, 0.6) is 5.75 Å². The Morgan fingerprint density at radius 2 is 2.16 bits per heavy atom. The SMILES string of the molecule is C#CCn1nc(/C=C/c2ccc(OC)cc2)oc1=O. The number of ether oxygens (including phenoxy) is 1. The van der Waals surface area contributed by atoms with Crippen molar-refractivity contribution < 1.29 is 9.15 Å². The van der Waals surface area contributed by atoms with E-state index < -0.39 is 5.76 Å². The first kappa shape index (κ1) is 12.7. The highest BCUT2D eigenvalue weighted by Crippen LogP contribution is 2.13. The topological polar surface area (TPSA) is 57.3 Å². The third-order valence-electron chi connectivity index (χ3n) is 2.40. The molecule has 0 unspecified atom stereocenters. The van der Waals surface area contributed by atoms with Crippen LogP contribution in [0.1, 0.15) is 11.5 Å². The van der Waals surface area contributed by atoms with Crippen molar-refractivity contribution in [2.75, 3.05) is 7.11 Å². The number of aromatic nitrogens is 2. The Morgan fingerprint density at radius 3 is 2.79 bits per heavy atom. The lowest BCUT2D eigenvalue weighted by atomic mass is 10.2. The fraction of sp³-hybridized carbons (Fsp3) is 0.143. The van der Waals surface area contributed by atoms with Gasteiger partial charge in [-0.1, -0.05) is 18.1 Å².